The Kier molecular flexibility index (Phi) is 4.67. The number of nitrogens with zero attached hydrogens (tertiary/aromatic N) is 3. The molecule has 9 heteroatoms. The van der Waals surface area contributed by atoms with Crippen molar-refractivity contribution in [2.75, 3.05) is 12.1 Å². The van der Waals surface area contributed by atoms with Crippen molar-refractivity contribution >= 4 is 39.7 Å². The minimum Gasteiger partial charge on any atom is -0.454 e. The van der Waals surface area contributed by atoms with Crippen molar-refractivity contribution in [2.45, 2.75) is 20.4 Å². The van der Waals surface area contributed by atoms with Crippen molar-refractivity contribution in [2.24, 2.45) is 0 Å². The first-order chi connectivity index (χ1) is 15.0. The highest BCUT2D eigenvalue weighted by molar-refractivity contribution is 7.13. The molecule has 4 aromatic rings. The van der Waals surface area contributed by atoms with Gasteiger partial charge in [0.1, 0.15) is 0 Å². The van der Waals surface area contributed by atoms with Crippen LogP contribution in [-0.2, 0) is 6.54 Å². The van der Waals surface area contributed by atoms with Gasteiger partial charge in [-0.25, -0.2) is 9.67 Å². The van der Waals surface area contributed by atoms with Crippen molar-refractivity contribution in [1.82, 2.24) is 14.8 Å². The van der Waals surface area contributed by atoms with Gasteiger partial charge in [0.2, 0.25) is 6.79 Å². The van der Waals surface area contributed by atoms with Gasteiger partial charge in [0.15, 0.2) is 22.9 Å². The molecule has 156 valence electrons. The van der Waals surface area contributed by atoms with Gasteiger partial charge in [-0.2, -0.15) is 5.10 Å². The fourth-order valence-corrected chi connectivity index (χ4v) is 4.23. The van der Waals surface area contributed by atoms with E-state index in [9.17, 15) is 9.59 Å². The molecule has 0 saturated carbocycles. The lowest BCUT2D eigenvalue weighted by molar-refractivity contribution is 0.101. The Bertz CT molecular complexity index is 1330. The first-order valence-corrected chi connectivity index (χ1v) is 10.6. The van der Waals surface area contributed by atoms with E-state index in [1.807, 2.05) is 24.4 Å². The quantitative estimate of drug-likeness (QED) is 0.469. The zero-order valence-corrected chi connectivity index (χ0v) is 17.7. The second kappa shape index (κ2) is 7.51. The lowest BCUT2D eigenvalue weighted by atomic mass is 10.1. The zero-order chi connectivity index (χ0) is 21.5. The average molecular weight is 434 g/mol. The summed E-state index contributed by atoms with van der Waals surface area (Å²) in [5.41, 5.74) is 2.48. The molecule has 1 aliphatic heterocycles. The Morgan fingerprint density at radius 2 is 2.00 bits per heavy atom. The van der Waals surface area contributed by atoms with Crippen molar-refractivity contribution in [3.63, 3.8) is 0 Å². The van der Waals surface area contributed by atoms with Gasteiger partial charge in [-0.15, -0.1) is 11.3 Å². The van der Waals surface area contributed by atoms with Gasteiger partial charge in [-0.1, -0.05) is 6.07 Å². The number of anilines is 1. The monoisotopic (exact) mass is 434 g/mol. The summed E-state index contributed by atoms with van der Waals surface area (Å²) < 4.78 is 12.5. The minimum absolute atomic E-state index is 0.0788. The molecule has 0 aliphatic carbocycles. The minimum atomic E-state index is -0.359. The summed E-state index contributed by atoms with van der Waals surface area (Å²) in [5, 5.41) is 9.84. The second-order valence-corrected chi connectivity index (χ2v) is 7.94. The van der Waals surface area contributed by atoms with E-state index in [0.717, 1.165) is 4.88 Å². The molecule has 8 nitrogen and oxygen atoms in total. The van der Waals surface area contributed by atoms with Gasteiger partial charge >= 0.3 is 0 Å². The van der Waals surface area contributed by atoms with Crippen LogP contribution < -0.4 is 14.8 Å². The van der Waals surface area contributed by atoms with Crippen LogP contribution in [0, 0.1) is 0 Å². The Hall–Kier alpha value is -3.72. The number of aromatic nitrogens is 3. The van der Waals surface area contributed by atoms with E-state index in [1.54, 1.807) is 40.4 Å². The second-order valence-electron chi connectivity index (χ2n) is 6.99. The molecule has 4 heterocycles. The Labute approximate surface area is 181 Å². The highest BCUT2D eigenvalue weighted by Gasteiger charge is 2.23. The van der Waals surface area contributed by atoms with Crippen LogP contribution in [0.5, 0.6) is 11.5 Å². The molecule has 1 aromatic carbocycles. The van der Waals surface area contributed by atoms with E-state index in [0.29, 0.717) is 51.6 Å². The molecule has 5 rings (SSSR count). The van der Waals surface area contributed by atoms with Crippen LogP contribution in [0.25, 0.3) is 21.6 Å². The molecule has 0 unspecified atom stereocenters. The Morgan fingerprint density at radius 3 is 2.71 bits per heavy atom. The lowest BCUT2D eigenvalue weighted by Crippen LogP contribution is -2.15. The number of ketones is 1. The maximum atomic E-state index is 13.4. The van der Waals surface area contributed by atoms with Crippen LogP contribution in [0.4, 0.5) is 5.69 Å². The fraction of sp³-hybridized carbons (Fsp3) is 0.182. The van der Waals surface area contributed by atoms with Crippen molar-refractivity contribution in [3.05, 3.63) is 53.0 Å². The third-order valence-corrected chi connectivity index (χ3v) is 5.96. The van der Waals surface area contributed by atoms with E-state index < -0.39 is 0 Å². The fourth-order valence-electron chi connectivity index (χ4n) is 3.54. The summed E-state index contributed by atoms with van der Waals surface area (Å²) in [6, 6.07) is 8.86. The number of benzene rings is 1. The SMILES string of the molecule is CCn1ncc2c(C(=O)Nc3cc4c(cc3C(C)=O)OCO4)cc(-c3cccs3)nc21. The molecular formula is C22H18N4O4S. The summed E-state index contributed by atoms with van der Waals surface area (Å²) in [4.78, 5) is 31.2. The van der Waals surface area contributed by atoms with Crippen LogP contribution in [-0.4, -0.2) is 33.2 Å². The smallest absolute Gasteiger partial charge is 0.256 e. The largest absolute Gasteiger partial charge is 0.454 e. The Morgan fingerprint density at radius 1 is 1.19 bits per heavy atom. The number of Topliss-reactive ketones (excluding diaryl/α,β-unsaturated/α-hetero) is 1. The molecule has 31 heavy (non-hydrogen) atoms. The summed E-state index contributed by atoms with van der Waals surface area (Å²) in [5.74, 6) is 0.422. The number of nitrogens with one attached hydrogen (secondary N) is 1. The number of aryl methyl sites for hydroxylation is 1. The van der Waals surface area contributed by atoms with Gasteiger partial charge < -0.3 is 14.8 Å². The van der Waals surface area contributed by atoms with E-state index in [2.05, 4.69) is 10.4 Å². The van der Waals surface area contributed by atoms with Gasteiger partial charge in [0, 0.05) is 18.2 Å². The van der Waals surface area contributed by atoms with E-state index >= 15 is 0 Å². The first-order valence-electron chi connectivity index (χ1n) is 9.71. The van der Waals surface area contributed by atoms with E-state index in [1.165, 1.54) is 6.92 Å². The number of hydrogen-bond acceptors (Lipinski definition) is 7. The molecule has 1 amide bonds. The maximum absolute atomic E-state index is 13.4. The van der Waals surface area contributed by atoms with E-state index in [-0.39, 0.29) is 18.5 Å². The van der Waals surface area contributed by atoms with Gasteiger partial charge in [-0.3, -0.25) is 9.59 Å². The van der Waals surface area contributed by atoms with Gasteiger partial charge in [0.25, 0.3) is 5.91 Å². The van der Waals surface area contributed by atoms with Crippen molar-refractivity contribution in [1.29, 1.82) is 0 Å². The lowest BCUT2D eigenvalue weighted by Gasteiger charge is -2.12. The topological polar surface area (TPSA) is 95.3 Å². The van der Waals surface area contributed by atoms with Crippen molar-refractivity contribution < 1.29 is 19.1 Å². The predicted molar refractivity (Wildman–Crippen MR) is 117 cm³/mol. The molecule has 1 N–H and O–H groups in total. The number of thiophene rings is 1. The number of amides is 1. The number of pyridine rings is 1. The third-order valence-electron chi connectivity index (χ3n) is 5.07. The van der Waals surface area contributed by atoms with Crippen molar-refractivity contribution in [3.8, 4) is 22.1 Å². The van der Waals surface area contributed by atoms with Crippen LogP contribution in [0.3, 0.4) is 0 Å². The third kappa shape index (κ3) is 3.32. The molecule has 0 fully saturated rings. The number of hydrogen-bond donors (Lipinski definition) is 1. The van der Waals surface area contributed by atoms with Crippen LogP contribution in [0.15, 0.2) is 41.9 Å². The highest BCUT2D eigenvalue weighted by atomic mass is 32.1. The number of ether oxygens (including phenoxy) is 2. The molecule has 0 spiro atoms. The molecule has 1 aliphatic rings. The predicted octanol–water partition coefficient (Wildman–Crippen LogP) is 4.36. The zero-order valence-electron chi connectivity index (χ0n) is 16.8. The summed E-state index contributed by atoms with van der Waals surface area (Å²) in [7, 11) is 0. The first kappa shape index (κ1) is 19.3. The number of fused-ring (bicyclic) bond motifs is 2. The molecule has 0 radical (unpaired) electrons. The molecule has 0 bridgehead atoms. The Balaban J connectivity index is 1.61. The number of carbonyl (C=O) groups excluding carboxylic acids is 2. The summed E-state index contributed by atoms with van der Waals surface area (Å²) in [6.07, 6.45) is 1.64. The summed E-state index contributed by atoms with van der Waals surface area (Å²) >= 11 is 1.55. The molecular weight excluding hydrogens is 416 g/mol. The van der Waals surface area contributed by atoms with Gasteiger partial charge in [-0.05, 0) is 37.4 Å². The van der Waals surface area contributed by atoms with Crippen LogP contribution in [0.2, 0.25) is 0 Å². The van der Waals surface area contributed by atoms with Crippen LogP contribution in [0.1, 0.15) is 34.6 Å². The summed E-state index contributed by atoms with van der Waals surface area (Å²) in [6.45, 7) is 4.12. The molecule has 0 atom stereocenters. The highest BCUT2D eigenvalue weighted by Crippen LogP contribution is 2.37. The van der Waals surface area contributed by atoms with Gasteiger partial charge in [0.05, 0.1) is 33.4 Å². The average Bonchev–Trinajstić information content (AvgIpc) is 3.51. The van der Waals surface area contributed by atoms with E-state index in [4.69, 9.17) is 14.5 Å². The number of rotatable bonds is 5. The molecule has 3 aromatic heterocycles. The molecule has 0 saturated heterocycles. The van der Waals surface area contributed by atoms with Crippen LogP contribution >= 0.6 is 11.3 Å². The maximum Gasteiger partial charge on any atom is 0.256 e. The standard InChI is InChI=1S/C22H18N4O4S/c1-3-26-21-15(10-23-26)14(7-17(24-21)20-5-4-6-31-20)22(28)25-16-9-19-18(29-11-30-19)8-13(16)12(2)27/h4-10H,3,11H2,1-2H3,(H,25,28). The normalized spacial score (nSPS) is 12.3. The number of carbonyl (C=O) groups is 2.